The summed E-state index contributed by atoms with van der Waals surface area (Å²) in [4.78, 5) is 15.4. The molecular formula is C10H13AsNO3S. The number of rotatable bonds is 6. The molecule has 0 spiro atoms. The van der Waals surface area contributed by atoms with Gasteiger partial charge in [-0.05, 0) is 0 Å². The third kappa shape index (κ3) is 4.90. The van der Waals surface area contributed by atoms with E-state index in [2.05, 4.69) is 4.98 Å². The van der Waals surface area contributed by atoms with Crippen LogP contribution in [0.3, 0.4) is 0 Å². The van der Waals surface area contributed by atoms with E-state index >= 15 is 0 Å². The molecule has 0 amide bonds. The molecule has 1 rings (SSSR count). The second-order valence-electron chi connectivity index (χ2n) is 3.25. The zero-order valence-corrected chi connectivity index (χ0v) is 11.7. The average molecular weight is 302 g/mol. The van der Waals surface area contributed by atoms with E-state index in [9.17, 15) is 13.2 Å². The third-order valence-corrected chi connectivity index (χ3v) is 6.16. The molecule has 0 fully saturated rings. The van der Waals surface area contributed by atoms with Gasteiger partial charge in [0.1, 0.15) is 0 Å². The van der Waals surface area contributed by atoms with Gasteiger partial charge < -0.3 is 0 Å². The predicted octanol–water partition coefficient (Wildman–Crippen LogP) is 0.247. The standard InChI is InChI=1S/C10H13AsNO3S/c1-2-16(14,15)8-10(13)11-6-9-4-3-5-12-7-9/h3-5,7H,2,6,8H2,1H3. The van der Waals surface area contributed by atoms with Crippen LogP contribution in [0.1, 0.15) is 12.5 Å². The van der Waals surface area contributed by atoms with Crippen molar-refractivity contribution < 1.29 is 13.2 Å². The summed E-state index contributed by atoms with van der Waals surface area (Å²) >= 11 is -0.599. The van der Waals surface area contributed by atoms with Crippen LogP contribution in [0.15, 0.2) is 24.5 Å². The van der Waals surface area contributed by atoms with E-state index in [1.807, 2.05) is 12.1 Å². The first-order valence-corrected chi connectivity index (χ1v) is 8.92. The number of pyridine rings is 1. The van der Waals surface area contributed by atoms with Gasteiger partial charge in [0.2, 0.25) is 0 Å². The summed E-state index contributed by atoms with van der Waals surface area (Å²) in [5.41, 5.74) is 0.991. The number of carbonyl (C=O) groups excluding carboxylic acids is 1. The maximum atomic E-state index is 11.4. The fraction of sp³-hybridized carbons (Fsp3) is 0.400. The molecule has 0 aromatic carbocycles. The number of carbonyl (C=O) groups is 1. The summed E-state index contributed by atoms with van der Waals surface area (Å²) in [6, 6.07) is 3.70. The van der Waals surface area contributed by atoms with Gasteiger partial charge in [-0.2, -0.15) is 0 Å². The number of sulfone groups is 1. The maximum absolute atomic E-state index is 11.4. The minimum absolute atomic E-state index is 0.0345. The summed E-state index contributed by atoms with van der Waals surface area (Å²) in [5.74, 6) is -0.267. The summed E-state index contributed by atoms with van der Waals surface area (Å²) in [6.07, 6.45) is 3.38. The first-order chi connectivity index (χ1) is 7.53. The summed E-state index contributed by atoms with van der Waals surface area (Å²) in [7, 11) is -3.16. The molecule has 0 aliphatic carbocycles. The molecule has 0 N–H and O–H groups in total. The van der Waals surface area contributed by atoms with Crippen LogP contribution in [0.25, 0.3) is 0 Å². The normalized spacial score (nSPS) is 12.1. The van der Waals surface area contributed by atoms with Gasteiger partial charge in [-0.15, -0.1) is 0 Å². The van der Waals surface area contributed by atoms with E-state index in [1.54, 1.807) is 19.3 Å². The molecule has 6 heteroatoms. The van der Waals surface area contributed by atoms with Gasteiger partial charge in [0.15, 0.2) is 0 Å². The van der Waals surface area contributed by atoms with Crippen molar-refractivity contribution in [3.8, 4) is 0 Å². The number of hydrogen-bond donors (Lipinski definition) is 0. The first kappa shape index (κ1) is 13.4. The third-order valence-electron chi connectivity index (χ3n) is 1.94. The Balaban J connectivity index is 2.43. The predicted molar refractivity (Wildman–Crippen MR) is 63.0 cm³/mol. The monoisotopic (exact) mass is 302 g/mol. The van der Waals surface area contributed by atoms with E-state index in [0.717, 1.165) is 5.56 Å². The van der Waals surface area contributed by atoms with Gasteiger partial charge in [-0.25, -0.2) is 0 Å². The fourth-order valence-corrected chi connectivity index (χ4v) is 4.64. The van der Waals surface area contributed by atoms with Crippen molar-refractivity contribution in [2.75, 3.05) is 11.5 Å². The topological polar surface area (TPSA) is 64.1 Å². The zero-order chi connectivity index (χ0) is 12.0. The van der Waals surface area contributed by atoms with Crippen molar-refractivity contribution >= 4 is 30.2 Å². The molecule has 4 nitrogen and oxygen atoms in total. The van der Waals surface area contributed by atoms with E-state index in [-0.39, 0.29) is 16.1 Å². The SMILES string of the molecule is CCS(=O)(=O)CC(=O)[As]Cc1cccnc1. The molecule has 0 unspecified atom stereocenters. The van der Waals surface area contributed by atoms with Crippen molar-refractivity contribution in [1.29, 1.82) is 0 Å². The Kier molecular flexibility index (Phi) is 5.16. The Labute approximate surface area is 102 Å². The summed E-state index contributed by atoms with van der Waals surface area (Å²) < 4.78 is 22.3. The summed E-state index contributed by atoms with van der Waals surface area (Å²) in [5, 5.41) is 0.641. The molecule has 87 valence electrons. The average Bonchev–Trinajstić information content (AvgIpc) is 2.27. The number of hydrogen-bond acceptors (Lipinski definition) is 4. The van der Waals surface area contributed by atoms with Crippen LogP contribution >= 0.6 is 0 Å². The van der Waals surface area contributed by atoms with E-state index in [1.165, 1.54) is 0 Å². The van der Waals surface area contributed by atoms with Gasteiger partial charge >= 0.3 is 102 Å². The first-order valence-electron chi connectivity index (χ1n) is 4.83. The van der Waals surface area contributed by atoms with E-state index in [0.29, 0.717) is 5.21 Å². The number of nitrogens with zero attached hydrogens (tertiary/aromatic N) is 1. The second kappa shape index (κ2) is 6.16. The van der Waals surface area contributed by atoms with Crippen molar-refractivity contribution in [2.24, 2.45) is 0 Å². The molecule has 0 saturated carbocycles. The molecule has 0 saturated heterocycles. The van der Waals surface area contributed by atoms with Gasteiger partial charge in [-0.1, -0.05) is 0 Å². The van der Waals surface area contributed by atoms with Gasteiger partial charge in [0, 0.05) is 0 Å². The number of aromatic nitrogens is 1. The minimum atomic E-state index is -3.16. The van der Waals surface area contributed by atoms with Gasteiger partial charge in [-0.3, -0.25) is 0 Å². The van der Waals surface area contributed by atoms with E-state index in [4.69, 9.17) is 0 Å². The van der Waals surface area contributed by atoms with Crippen LogP contribution in [0.4, 0.5) is 0 Å². The Bertz CT molecular complexity index is 444. The zero-order valence-electron chi connectivity index (χ0n) is 8.96. The Morgan fingerprint density at radius 2 is 2.25 bits per heavy atom. The molecule has 1 aromatic heterocycles. The van der Waals surface area contributed by atoms with Crippen LogP contribution in [0.2, 0.25) is 0 Å². The molecule has 0 aliphatic heterocycles. The van der Waals surface area contributed by atoms with Gasteiger partial charge in [0.25, 0.3) is 0 Å². The Morgan fingerprint density at radius 1 is 1.50 bits per heavy atom. The molecule has 0 atom stereocenters. The molecule has 1 aromatic rings. The van der Waals surface area contributed by atoms with Crippen LogP contribution in [-0.4, -0.2) is 45.2 Å². The van der Waals surface area contributed by atoms with Crippen LogP contribution in [0, 0.1) is 0 Å². The molecule has 1 radical (unpaired) electrons. The van der Waals surface area contributed by atoms with Gasteiger partial charge in [0.05, 0.1) is 0 Å². The quantitative estimate of drug-likeness (QED) is 0.707. The molecule has 16 heavy (non-hydrogen) atoms. The molecule has 0 aliphatic rings. The van der Waals surface area contributed by atoms with Crippen molar-refractivity contribution in [1.82, 2.24) is 4.98 Å². The van der Waals surface area contributed by atoms with Crippen LogP contribution in [0.5, 0.6) is 0 Å². The van der Waals surface area contributed by atoms with Crippen LogP contribution in [-0.2, 0) is 19.8 Å². The molecule has 0 bridgehead atoms. The van der Waals surface area contributed by atoms with E-state index < -0.39 is 25.6 Å². The Hall–Kier alpha value is -0.672. The second-order valence-corrected chi connectivity index (χ2v) is 7.97. The Morgan fingerprint density at radius 3 is 2.81 bits per heavy atom. The van der Waals surface area contributed by atoms with Crippen molar-refractivity contribution in [3.05, 3.63) is 30.1 Å². The van der Waals surface area contributed by atoms with Crippen LogP contribution < -0.4 is 0 Å². The van der Waals surface area contributed by atoms with Crippen molar-refractivity contribution in [2.45, 2.75) is 12.1 Å². The molecular weight excluding hydrogens is 289 g/mol. The van der Waals surface area contributed by atoms with Crippen molar-refractivity contribution in [3.63, 3.8) is 0 Å². The molecule has 1 heterocycles. The fourth-order valence-electron chi connectivity index (χ4n) is 1.01. The summed E-state index contributed by atoms with van der Waals surface area (Å²) in [6.45, 7) is 1.56.